The SMILES string of the molecule is CCCOC(=O)c1cccc(N2C(=O)C(Cl)=C(Nc3ccc(C(=O)Nc4ccc(C)c(Cl)c4)cc3)C2=O)c1. The Morgan fingerprint density at radius 1 is 0.895 bits per heavy atom. The fraction of sp³-hybridized carbons (Fsp3) is 0.143. The maximum atomic E-state index is 13.1. The summed E-state index contributed by atoms with van der Waals surface area (Å²) in [5.41, 5.74) is 2.53. The molecule has 3 aromatic carbocycles. The third-order valence-electron chi connectivity index (χ3n) is 5.65. The number of carbonyl (C=O) groups excluding carboxylic acids is 4. The van der Waals surface area contributed by atoms with E-state index in [9.17, 15) is 19.2 Å². The van der Waals surface area contributed by atoms with Gasteiger partial charge in [0.25, 0.3) is 17.7 Å². The van der Waals surface area contributed by atoms with Gasteiger partial charge in [0.2, 0.25) is 0 Å². The molecule has 2 N–H and O–H groups in total. The average molecular weight is 552 g/mol. The van der Waals surface area contributed by atoms with Crippen LogP contribution in [0.3, 0.4) is 0 Å². The molecule has 0 unspecified atom stereocenters. The Kier molecular flexibility index (Phi) is 8.14. The van der Waals surface area contributed by atoms with Crippen LogP contribution in [0.4, 0.5) is 17.1 Å². The summed E-state index contributed by atoms with van der Waals surface area (Å²) >= 11 is 12.3. The van der Waals surface area contributed by atoms with E-state index in [4.69, 9.17) is 27.9 Å². The number of aryl methyl sites for hydroxylation is 1. The van der Waals surface area contributed by atoms with E-state index in [2.05, 4.69) is 10.6 Å². The molecule has 38 heavy (non-hydrogen) atoms. The number of benzene rings is 3. The van der Waals surface area contributed by atoms with Crippen LogP contribution in [0.15, 0.2) is 77.5 Å². The summed E-state index contributed by atoms with van der Waals surface area (Å²) in [4.78, 5) is 51.7. The quantitative estimate of drug-likeness (QED) is 0.266. The van der Waals surface area contributed by atoms with E-state index < -0.39 is 17.8 Å². The fourth-order valence-electron chi connectivity index (χ4n) is 3.62. The van der Waals surface area contributed by atoms with E-state index in [0.29, 0.717) is 28.4 Å². The van der Waals surface area contributed by atoms with Crippen LogP contribution in [0.2, 0.25) is 5.02 Å². The number of rotatable bonds is 8. The Hall–Kier alpha value is -4.14. The first-order chi connectivity index (χ1) is 18.2. The molecule has 0 atom stereocenters. The highest BCUT2D eigenvalue weighted by atomic mass is 35.5. The highest BCUT2D eigenvalue weighted by Gasteiger charge is 2.39. The number of nitrogens with zero attached hydrogens (tertiary/aromatic N) is 1. The maximum Gasteiger partial charge on any atom is 0.338 e. The number of imide groups is 1. The van der Waals surface area contributed by atoms with Crippen LogP contribution in [0.1, 0.15) is 39.6 Å². The van der Waals surface area contributed by atoms with Crippen molar-refractivity contribution < 1.29 is 23.9 Å². The first kappa shape index (κ1) is 26.9. The molecule has 1 aliphatic heterocycles. The Balaban J connectivity index is 1.46. The van der Waals surface area contributed by atoms with Crippen LogP contribution in [0.25, 0.3) is 0 Å². The smallest absolute Gasteiger partial charge is 0.338 e. The third kappa shape index (κ3) is 5.72. The second-order valence-corrected chi connectivity index (χ2v) is 9.23. The summed E-state index contributed by atoms with van der Waals surface area (Å²) < 4.78 is 5.13. The minimum Gasteiger partial charge on any atom is -0.462 e. The summed E-state index contributed by atoms with van der Waals surface area (Å²) in [5, 5.41) is 5.88. The summed E-state index contributed by atoms with van der Waals surface area (Å²) in [5.74, 6) is -2.31. The Morgan fingerprint density at radius 3 is 2.29 bits per heavy atom. The van der Waals surface area contributed by atoms with Gasteiger partial charge in [0.05, 0.1) is 17.9 Å². The zero-order chi connectivity index (χ0) is 27.4. The molecule has 8 nitrogen and oxygen atoms in total. The van der Waals surface area contributed by atoms with E-state index in [-0.39, 0.29) is 34.5 Å². The number of amides is 3. The monoisotopic (exact) mass is 551 g/mol. The largest absolute Gasteiger partial charge is 0.462 e. The molecule has 0 bridgehead atoms. The van der Waals surface area contributed by atoms with Gasteiger partial charge in [0, 0.05) is 22.0 Å². The van der Waals surface area contributed by atoms with Crippen molar-refractivity contribution in [1.29, 1.82) is 0 Å². The minimum absolute atomic E-state index is 0.123. The lowest BCUT2D eigenvalue weighted by molar-refractivity contribution is -0.120. The lowest BCUT2D eigenvalue weighted by atomic mass is 10.1. The van der Waals surface area contributed by atoms with Gasteiger partial charge in [-0.2, -0.15) is 0 Å². The van der Waals surface area contributed by atoms with Crippen molar-refractivity contribution >= 4 is 64.0 Å². The number of ether oxygens (including phenoxy) is 1. The van der Waals surface area contributed by atoms with Gasteiger partial charge in [-0.25, -0.2) is 9.69 Å². The standard InChI is InChI=1S/C28H23Cl2N3O5/c1-3-13-38-28(37)18-5-4-6-21(14-18)33-26(35)23(30)24(27(33)36)31-19-11-8-17(9-12-19)25(34)32-20-10-7-16(2)22(29)15-20/h4-12,14-15,31H,3,13H2,1-2H3,(H,32,34). The molecule has 3 aromatic rings. The summed E-state index contributed by atoms with van der Waals surface area (Å²) in [6.07, 6.45) is 0.663. The second-order valence-electron chi connectivity index (χ2n) is 8.44. The Bertz CT molecular complexity index is 1470. The van der Waals surface area contributed by atoms with Crippen molar-refractivity contribution in [3.05, 3.63) is 99.2 Å². The molecule has 3 amide bonds. The number of hydrogen-bond donors (Lipinski definition) is 2. The first-order valence-corrected chi connectivity index (χ1v) is 12.5. The van der Waals surface area contributed by atoms with Crippen LogP contribution in [0.5, 0.6) is 0 Å². The summed E-state index contributed by atoms with van der Waals surface area (Å²) in [6, 6.07) is 17.5. The van der Waals surface area contributed by atoms with Crippen molar-refractivity contribution in [2.24, 2.45) is 0 Å². The van der Waals surface area contributed by atoms with Crippen LogP contribution in [-0.4, -0.2) is 30.3 Å². The summed E-state index contributed by atoms with van der Waals surface area (Å²) in [6.45, 7) is 4.00. The lowest BCUT2D eigenvalue weighted by Crippen LogP contribution is -2.32. The predicted molar refractivity (Wildman–Crippen MR) is 147 cm³/mol. The molecule has 1 heterocycles. The molecule has 4 rings (SSSR count). The van der Waals surface area contributed by atoms with Crippen molar-refractivity contribution in [3.63, 3.8) is 0 Å². The average Bonchev–Trinajstić information content (AvgIpc) is 3.12. The van der Waals surface area contributed by atoms with Crippen LogP contribution in [-0.2, 0) is 14.3 Å². The highest BCUT2D eigenvalue weighted by Crippen LogP contribution is 2.31. The molecule has 194 valence electrons. The zero-order valence-corrected chi connectivity index (χ0v) is 22.0. The van der Waals surface area contributed by atoms with E-state index in [1.807, 2.05) is 13.8 Å². The number of halogens is 2. The molecule has 0 aliphatic carbocycles. The van der Waals surface area contributed by atoms with Crippen LogP contribution in [0, 0.1) is 6.92 Å². The molecule has 1 aliphatic rings. The van der Waals surface area contributed by atoms with E-state index in [0.717, 1.165) is 10.5 Å². The van der Waals surface area contributed by atoms with Gasteiger partial charge in [0.15, 0.2) is 0 Å². The number of carbonyl (C=O) groups is 4. The number of anilines is 3. The van der Waals surface area contributed by atoms with Gasteiger partial charge in [-0.05, 0) is 73.5 Å². The van der Waals surface area contributed by atoms with Gasteiger partial charge in [-0.15, -0.1) is 0 Å². The lowest BCUT2D eigenvalue weighted by Gasteiger charge is -2.16. The molecule has 0 fully saturated rings. The van der Waals surface area contributed by atoms with Crippen LogP contribution < -0.4 is 15.5 Å². The molecule has 0 saturated carbocycles. The molecule has 0 saturated heterocycles. The van der Waals surface area contributed by atoms with E-state index in [1.54, 1.807) is 48.5 Å². The number of nitrogens with one attached hydrogen (secondary N) is 2. The Morgan fingerprint density at radius 2 is 1.61 bits per heavy atom. The van der Waals surface area contributed by atoms with Crippen molar-refractivity contribution in [1.82, 2.24) is 0 Å². The van der Waals surface area contributed by atoms with Gasteiger partial charge < -0.3 is 15.4 Å². The topological polar surface area (TPSA) is 105 Å². The minimum atomic E-state index is -0.731. The predicted octanol–water partition coefficient (Wildman–Crippen LogP) is 5.90. The van der Waals surface area contributed by atoms with E-state index >= 15 is 0 Å². The molecule has 0 spiro atoms. The maximum absolute atomic E-state index is 13.1. The molecular formula is C28H23Cl2N3O5. The van der Waals surface area contributed by atoms with Gasteiger partial charge in [-0.1, -0.05) is 42.3 Å². The van der Waals surface area contributed by atoms with Gasteiger partial charge >= 0.3 is 5.97 Å². The zero-order valence-electron chi connectivity index (χ0n) is 20.5. The first-order valence-electron chi connectivity index (χ1n) is 11.7. The number of esters is 1. The molecule has 0 aromatic heterocycles. The Labute approximate surface area is 229 Å². The van der Waals surface area contributed by atoms with E-state index in [1.165, 1.54) is 18.2 Å². The fourth-order valence-corrected chi connectivity index (χ4v) is 4.01. The van der Waals surface area contributed by atoms with Gasteiger partial charge in [-0.3, -0.25) is 14.4 Å². The molecule has 10 heteroatoms. The van der Waals surface area contributed by atoms with Crippen molar-refractivity contribution in [2.45, 2.75) is 20.3 Å². The normalized spacial score (nSPS) is 13.1. The third-order valence-corrected chi connectivity index (χ3v) is 6.41. The second kappa shape index (κ2) is 11.5. The van der Waals surface area contributed by atoms with Gasteiger partial charge in [0.1, 0.15) is 10.7 Å². The molecular weight excluding hydrogens is 529 g/mol. The summed E-state index contributed by atoms with van der Waals surface area (Å²) in [7, 11) is 0. The number of hydrogen-bond acceptors (Lipinski definition) is 6. The van der Waals surface area contributed by atoms with Crippen LogP contribution >= 0.6 is 23.2 Å². The molecule has 0 radical (unpaired) electrons. The highest BCUT2D eigenvalue weighted by molar-refractivity contribution is 6.53. The van der Waals surface area contributed by atoms with Crippen molar-refractivity contribution in [2.75, 3.05) is 22.1 Å². The van der Waals surface area contributed by atoms with Crippen molar-refractivity contribution in [3.8, 4) is 0 Å².